The molecule has 106 valence electrons. The number of amides is 1. The standard InChI is InChI=1S/C15H18N2O2S/c1-9-4-5-10(2)14(11(9)3)19-8-12-6-7-13(20-12)15(18)17-16/h4-7H,8,16H2,1-3H3,(H,17,18). The Balaban J connectivity index is 2.11. The molecule has 0 aliphatic heterocycles. The van der Waals surface area contributed by atoms with Crippen molar-refractivity contribution in [3.63, 3.8) is 0 Å². The van der Waals surface area contributed by atoms with Gasteiger partial charge in [-0.25, -0.2) is 5.84 Å². The topological polar surface area (TPSA) is 64.3 Å². The number of carbonyl (C=O) groups excluding carboxylic acids is 1. The zero-order valence-electron chi connectivity index (χ0n) is 11.8. The van der Waals surface area contributed by atoms with Crippen LogP contribution in [0.2, 0.25) is 0 Å². The van der Waals surface area contributed by atoms with E-state index in [1.54, 1.807) is 6.07 Å². The second-order valence-corrected chi connectivity index (χ2v) is 5.85. The van der Waals surface area contributed by atoms with E-state index < -0.39 is 0 Å². The number of hydrazine groups is 1. The summed E-state index contributed by atoms with van der Waals surface area (Å²) in [6, 6.07) is 7.78. The summed E-state index contributed by atoms with van der Waals surface area (Å²) in [5.41, 5.74) is 5.60. The molecule has 0 aliphatic carbocycles. The average Bonchev–Trinajstić information content (AvgIpc) is 2.91. The molecule has 0 spiro atoms. The zero-order chi connectivity index (χ0) is 14.7. The fourth-order valence-corrected chi connectivity index (χ4v) is 2.76. The van der Waals surface area contributed by atoms with E-state index in [-0.39, 0.29) is 5.91 Å². The number of hydrogen-bond donors (Lipinski definition) is 2. The Morgan fingerprint density at radius 2 is 1.90 bits per heavy atom. The molecule has 0 radical (unpaired) electrons. The van der Waals surface area contributed by atoms with Gasteiger partial charge < -0.3 is 4.74 Å². The van der Waals surface area contributed by atoms with Gasteiger partial charge in [0.2, 0.25) is 0 Å². The van der Waals surface area contributed by atoms with Crippen molar-refractivity contribution in [1.82, 2.24) is 5.43 Å². The fourth-order valence-electron chi connectivity index (χ4n) is 1.94. The first-order chi connectivity index (χ1) is 9.52. The smallest absolute Gasteiger partial charge is 0.275 e. The second kappa shape index (κ2) is 6.07. The van der Waals surface area contributed by atoms with Gasteiger partial charge in [0, 0.05) is 4.88 Å². The average molecular weight is 290 g/mol. The largest absolute Gasteiger partial charge is 0.488 e. The number of carbonyl (C=O) groups is 1. The molecule has 0 aliphatic rings. The summed E-state index contributed by atoms with van der Waals surface area (Å²) in [7, 11) is 0. The number of aryl methyl sites for hydroxylation is 2. The molecule has 0 atom stereocenters. The van der Waals surface area contributed by atoms with E-state index in [1.165, 1.54) is 16.9 Å². The number of rotatable bonds is 4. The Kier molecular flexibility index (Phi) is 4.42. The van der Waals surface area contributed by atoms with Gasteiger partial charge in [-0.3, -0.25) is 10.2 Å². The van der Waals surface area contributed by atoms with E-state index in [0.29, 0.717) is 11.5 Å². The summed E-state index contributed by atoms with van der Waals surface area (Å²) in [5.74, 6) is 5.76. The number of ether oxygens (including phenoxy) is 1. The lowest BCUT2D eigenvalue weighted by molar-refractivity contribution is 0.0957. The zero-order valence-corrected chi connectivity index (χ0v) is 12.6. The van der Waals surface area contributed by atoms with Crippen LogP contribution in [-0.4, -0.2) is 5.91 Å². The SMILES string of the molecule is Cc1ccc(C)c(OCc2ccc(C(=O)NN)s2)c1C. The molecule has 4 nitrogen and oxygen atoms in total. The van der Waals surface area contributed by atoms with Gasteiger partial charge in [0.1, 0.15) is 12.4 Å². The summed E-state index contributed by atoms with van der Waals surface area (Å²) in [6.45, 7) is 6.60. The molecule has 0 unspecified atom stereocenters. The number of nitrogen functional groups attached to an aromatic ring is 1. The first-order valence-electron chi connectivity index (χ1n) is 6.32. The van der Waals surface area contributed by atoms with Crippen LogP contribution in [0.25, 0.3) is 0 Å². The van der Waals surface area contributed by atoms with Crippen LogP contribution in [0.3, 0.4) is 0 Å². The molecule has 5 heteroatoms. The second-order valence-electron chi connectivity index (χ2n) is 4.68. The Labute approximate surface area is 122 Å². The van der Waals surface area contributed by atoms with Gasteiger partial charge in [0.15, 0.2) is 0 Å². The van der Waals surface area contributed by atoms with E-state index in [9.17, 15) is 4.79 Å². The first kappa shape index (κ1) is 14.6. The molecule has 1 aromatic heterocycles. The van der Waals surface area contributed by atoms with E-state index in [2.05, 4.69) is 31.4 Å². The van der Waals surface area contributed by atoms with Gasteiger partial charge in [0.05, 0.1) is 4.88 Å². The Morgan fingerprint density at radius 3 is 2.60 bits per heavy atom. The molecule has 0 fully saturated rings. The van der Waals surface area contributed by atoms with Crippen molar-refractivity contribution in [2.24, 2.45) is 5.84 Å². The summed E-state index contributed by atoms with van der Waals surface area (Å²) in [6.07, 6.45) is 0. The fraction of sp³-hybridized carbons (Fsp3) is 0.267. The van der Waals surface area contributed by atoms with E-state index >= 15 is 0 Å². The predicted molar refractivity (Wildman–Crippen MR) is 81.0 cm³/mol. The molecule has 3 N–H and O–H groups in total. The van der Waals surface area contributed by atoms with Crippen molar-refractivity contribution < 1.29 is 9.53 Å². The number of nitrogens with two attached hydrogens (primary N) is 1. The molecule has 2 rings (SSSR count). The highest BCUT2D eigenvalue weighted by Crippen LogP contribution is 2.27. The Hall–Kier alpha value is -1.85. The van der Waals surface area contributed by atoms with Crippen molar-refractivity contribution in [2.75, 3.05) is 0 Å². The number of hydrogen-bond acceptors (Lipinski definition) is 4. The van der Waals surface area contributed by atoms with Gasteiger partial charge in [-0.1, -0.05) is 12.1 Å². The van der Waals surface area contributed by atoms with Crippen molar-refractivity contribution in [3.8, 4) is 5.75 Å². The molecular weight excluding hydrogens is 272 g/mol. The van der Waals surface area contributed by atoms with Crippen LogP contribution in [0.5, 0.6) is 5.75 Å². The highest BCUT2D eigenvalue weighted by atomic mass is 32.1. The Morgan fingerprint density at radius 1 is 1.20 bits per heavy atom. The maximum Gasteiger partial charge on any atom is 0.275 e. The monoisotopic (exact) mass is 290 g/mol. The Bertz CT molecular complexity index is 635. The minimum absolute atomic E-state index is 0.274. The molecule has 1 aromatic carbocycles. The van der Waals surface area contributed by atoms with Crippen LogP contribution in [0.15, 0.2) is 24.3 Å². The van der Waals surface area contributed by atoms with E-state index in [4.69, 9.17) is 10.6 Å². The third kappa shape index (κ3) is 3.00. The highest BCUT2D eigenvalue weighted by Gasteiger charge is 2.10. The summed E-state index contributed by atoms with van der Waals surface area (Å²) in [5, 5.41) is 0. The van der Waals surface area contributed by atoms with Gasteiger partial charge in [-0.15, -0.1) is 11.3 Å². The van der Waals surface area contributed by atoms with Gasteiger partial charge in [-0.05, 0) is 49.6 Å². The van der Waals surface area contributed by atoms with Crippen LogP contribution >= 0.6 is 11.3 Å². The third-order valence-electron chi connectivity index (χ3n) is 3.25. The van der Waals surface area contributed by atoms with Crippen molar-refractivity contribution in [2.45, 2.75) is 27.4 Å². The lowest BCUT2D eigenvalue weighted by atomic mass is 10.1. The number of benzene rings is 1. The maximum absolute atomic E-state index is 11.4. The molecule has 2 aromatic rings. The van der Waals surface area contributed by atoms with Crippen molar-refractivity contribution in [1.29, 1.82) is 0 Å². The summed E-state index contributed by atoms with van der Waals surface area (Å²) in [4.78, 5) is 13.0. The van der Waals surface area contributed by atoms with Crippen LogP contribution in [0.1, 0.15) is 31.2 Å². The lowest BCUT2D eigenvalue weighted by Crippen LogP contribution is -2.29. The first-order valence-corrected chi connectivity index (χ1v) is 7.14. The van der Waals surface area contributed by atoms with E-state index in [0.717, 1.165) is 21.8 Å². The highest BCUT2D eigenvalue weighted by molar-refractivity contribution is 7.14. The van der Waals surface area contributed by atoms with Crippen LogP contribution in [0.4, 0.5) is 0 Å². The minimum Gasteiger partial charge on any atom is -0.488 e. The number of nitrogens with one attached hydrogen (secondary N) is 1. The molecule has 1 heterocycles. The maximum atomic E-state index is 11.4. The quantitative estimate of drug-likeness (QED) is 0.517. The predicted octanol–water partition coefficient (Wildman–Crippen LogP) is 2.86. The van der Waals surface area contributed by atoms with Gasteiger partial charge >= 0.3 is 0 Å². The molecule has 0 saturated carbocycles. The van der Waals surface area contributed by atoms with Crippen LogP contribution in [-0.2, 0) is 6.61 Å². The normalized spacial score (nSPS) is 10.4. The van der Waals surface area contributed by atoms with Gasteiger partial charge in [0.25, 0.3) is 5.91 Å². The van der Waals surface area contributed by atoms with E-state index in [1.807, 2.05) is 13.0 Å². The summed E-state index contributed by atoms with van der Waals surface area (Å²) < 4.78 is 5.91. The van der Waals surface area contributed by atoms with Crippen molar-refractivity contribution in [3.05, 3.63) is 50.7 Å². The number of thiophene rings is 1. The van der Waals surface area contributed by atoms with Crippen LogP contribution < -0.4 is 16.0 Å². The molecule has 0 saturated heterocycles. The van der Waals surface area contributed by atoms with Crippen molar-refractivity contribution >= 4 is 17.2 Å². The summed E-state index contributed by atoms with van der Waals surface area (Å²) >= 11 is 1.38. The lowest BCUT2D eigenvalue weighted by Gasteiger charge is -2.13. The third-order valence-corrected chi connectivity index (χ3v) is 4.31. The van der Waals surface area contributed by atoms with Gasteiger partial charge in [-0.2, -0.15) is 0 Å². The van der Waals surface area contributed by atoms with Crippen LogP contribution in [0, 0.1) is 20.8 Å². The molecule has 1 amide bonds. The molecule has 0 bridgehead atoms. The minimum atomic E-state index is -0.274. The molecular formula is C15H18N2O2S. The molecule has 20 heavy (non-hydrogen) atoms.